The number of pyridine rings is 1. The number of nitrogens with zero attached hydrogens (tertiary/aromatic N) is 1. The quantitative estimate of drug-likeness (QED) is 0.388. The van der Waals surface area contributed by atoms with Crippen molar-refractivity contribution in [3.63, 3.8) is 0 Å². The molecule has 0 fully saturated rings. The van der Waals surface area contributed by atoms with Gasteiger partial charge in [-0.2, -0.15) is 0 Å². The minimum atomic E-state index is -4.08. The number of benzene rings is 3. The van der Waals surface area contributed by atoms with Gasteiger partial charge in [0.15, 0.2) is 17.3 Å². The highest BCUT2D eigenvalue weighted by molar-refractivity contribution is 7.91. The Morgan fingerprint density at radius 1 is 0.853 bits per heavy atom. The molecule has 0 aliphatic carbocycles. The van der Waals surface area contributed by atoms with Crippen molar-refractivity contribution < 1.29 is 22.7 Å². The molecule has 0 bridgehead atoms. The third kappa shape index (κ3) is 3.72. The van der Waals surface area contributed by atoms with Gasteiger partial charge in [-0.3, -0.25) is 9.78 Å². The van der Waals surface area contributed by atoms with Gasteiger partial charge < -0.3 is 9.47 Å². The lowest BCUT2D eigenvalue weighted by atomic mass is 10.0. The second-order valence-electron chi connectivity index (χ2n) is 8.46. The first-order valence-corrected chi connectivity index (χ1v) is 12.4. The average Bonchev–Trinajstić information content (AvgIpc) is 2.83. The van der Waals surface area contributed by atoms with E-state index in [0.29, 0.717) is 41.2 Å². The lowest BCUT2D eigenvalue weighted by Gasteiger charge is -2.20. The van der Waals surface area contributed by atoms with Crippen molar-refractivity contribution in [2.24, 2.45) is 0 Å². The van der Waals surface area contributed by atoms with Gasteiger partial charge in [-0.15, -0.1) is 0 Å². The number of aromatic nitrogens is 1. The number of sulfone groups is 1. The van der Waals surface area contributed by atoms with Crippen molar-refractivity contribution in [1.82, 2.24) is 4.98 Å². The van der Waals surface area contributed by atoms with Crippen molar-refractivity contribution in [1.29, 1.82) is 0 Å². The SMILES string of the molecule is Cc1ccc(C(=O)c2cnc3cc4c(cc3c2S(=O)(=O)c2ccc(C)c(C)c2)OCCO4)cc1. The Morgan fingerprint density at radius 2 is 1.53 bits per heavy atom. The fourth-order valence-electron chi connectivity index (χ4n) is 4.02. The number of fused-ring (bicyclic) bond motifs is 2. The average molecular weight is 474 g/mol. The molecular weight excluding hydrogens is 450 g/mol. The first-order chi connectivity index (χ1) is 16.3. The van der Waals surface area contributed by atoms with Gasteiger partial charge in [0.2, 0.25) is 9.84 Å². The first kappa shape index (κ1) is 22.1. The summed E-state index contributed by atoms with van der Waals surface area (Å²) in [5.41, 5.74) is 3.65. The summed E-state index contributed by atoms with van der Waals surface area (Å²) in [7, 11) is -4.08. The molecule has 0 saturated carbocycles. The molecule has 2 heterocycles. The van der Waals surface area contributed by atoms with Crippen molar-refractivity contribution >= 4 is 26.5 Å². The highest BCUT2D eigenvalue weighted by Gasteiger charge is 2.30. The van der Waals surface area contributed by atoms with Gasteiger partial charge in [0.05, 0.1) is 20.9 Å². The predicted molar refractivity (Wildman–Crippen MR) is 129 cm³/mol. The van der Waals surface area contributed by atoms with Crippen molar-refractivity contribution in [3.8, 4) is 11.5 Å². The normalized spacial score (nSPS) is 13.1. The molecule has 0 amide bonds. The number of ether oxygens (including phenoxy) is 2. The molecule has 6 nitrogen and oxygen atoms in total. The maximum absolute atomic E-state index is 14.0. The lowest BCUT2D eigenvalue weighted by Crippen LogP contribution is -2.16. The van der Waals surface area contributed by atoms with E-state index in [9.17, 15) is 13.2 Å². The Kier molecular flexibility index (Phi) is 5.37. The lowest BCUT2D eigenvalue weighted by molar-refractivity contribution is 0.103. The molecule has 1 aromatic heterocycles. The highest BCUT2D eigenvalue weighted by Crippen LogP contribution is 2.39. The summed E-state index contributed by atoms with van der Waals surface area (Å²) >= 11 is 0. The highest BCUT2D eigenvalue weighted by atomic mass is 32.2. The molecule has 0 atom stereocenters. The number of hydrogen-bond donors (Lipinski definition) is 0. The van der Waals surface area contributed by atoms with Crippen LogP contribution in [0.5, 0.6) is 11.5 Å². The number of hydrogen-bond acceptors (Lipinski definition) is 6. The summed E-state index contributed by atoms with van der Waals surface area (Å²) in [4.78, 5) is 18.0. The predicted octanol–water partition coefficient (Wildman–Crippen LogP) is 5.00. The zero-order chi connectivity index (χ0) is 24.0. The van der Waals surface area contributed by atoms with Crippen LogP contribution in [0.4, 0.5) is 0 Å². The minimum Gasteiger partial charge on any atom is -0.486 e. The maximum Gasteiger partial charge on any atom is 0.208 e. The molecule has 172 valence electrons. The molecule has 7 heteroatoms. The largest absolute Gasteiger partial charge is 0.486 e. The first-order valence-electron chi connectivity index (χ1n) is 10.9. The van der Waals surface area contributed by atoms with Crippen molar-refractivity contribution in [3.05, 3.63) is 88.6 Å². The van der Waals surface area contributed by atoms with Crippen LogP contribution in [-0.4, -0.2) is 32.4 Å². The second kappa shape index (κ2) is 8.25. The van der Waals surface area contributed by atoms with E-state index in [0.717, 1.165) is 16.7 Å². The number of carbonyl (C=O) groups is 1. The Balaban J connectivity index is 1.81. The Labute approximate surface area is 198 Å². The van der Waals surface area contributed by atoms with E-state index < -0.39 is 15.6 Å². The van der Waals surface area contributed by atoms with Crippen LogP contribution in [0.15, 0.2) is 70.6 Å². The van der Waals surface area contributed by atoms with Gasteiger partial charge in [0, 0.05) is 23.2 Å². The molecule has 3 aromatic carbocycles. The van der Waals surface area contributed by atoms with Crippen LogP contribution in [0.1, 0.15) is 32.6 Å². The molecule has 5 rings (SSSR count). The van der Waals surface area contributed by atoms with Crippen LogP contribution in [-0.2, 0) is 9.84 Å². The number of aryl methyl sites for hydroxylation is 3. The third-order valence-corrected chi connectivity index (χ3v) is 7.95. The van der Waals surface area contributed by atoms with E-state index in [-0.39, 0.29) is 15.4 Å². The standard InChI is InChI=1S/C27H23NO5S/c1-16-4-7-19(8-5-16)26(29)22-15-28-23-14-25-24(32-10-11-33-25)13-21(23)27(22)34(30,31)20-9-6-17(2)18(3)12-20/h4-9,12-15H,10-11H2,1-3H3. The van der Waals surface area contributed by atoms with E-state index in [4.69, 9.17) is 9.47 Å². The van der Waals surface area contributed by atoms with Gasteiger partial charge in [0.1, 0.15) is 13.2 Å². The van der Waals surface area contributed by atoms with Crippen LogP contribution in [0.25, 0.3) is 10.9 Å². The summed E-state index contributed by atoms with van der Waals surface area (Å²) in [6.07, 6.45) is 1.34. The number of ketones is 1. The molecule has 0 saturated heterocycles. The van der Waals surface area contributed by atoms with E-state index in [1.54, 1.807) is 42.5 Å². The molecule has 34 heavy (non-hydrogen) atoms. The van der Waals surface area contributed by atoms with Gasteiger partial charge in [-0.25, -0.2) is 8.42 Å². The Hall–Kier alpha value is -3.71. The fraction of sp³-hybridized carbons (Fsp3) is 0.185. The summed E-state index contributed by atoms with van der Waals surface area (Å²) in [5.74, 6) is 0.516. The molecule has 0 radical (unpaired) electrons. The molecule has 0 unspecified atom stereocenters. The third-order valence-electron chi connectivity index (χ3n) is 6.10. The van der Waals surface area contributed by atoms with E-state index in [2.05, 4.69) is 4.98 Å². The monoisotopic (exact) mass is 473 g/mol. The summed E-state index contributed by atoms with van der Waals surface area (Å²) in [5, 5.41) is 0.320. The topological polar surface area (TPSA) is 82.6 Å². The van der Waals surface area contributed by atoms with Crippen LogP contribution >= 0.6 is 0 Å². The smallest absolute Gasteiger partial charge is 0.208 e. The maximum atomic E-state index is 14.0. The van der Waals surface area contributed by atoms with Gasteiger partial charge in [-0.05, 0) is 50.1 Å². The molecule has 0 N–H and O–H groups in total. The van der Waals surface area contributed by atoms with Crippen LogP contribution < -0.4 is 9.47 Å². The number of carbonyl (C=O) groups excluding carboxylic acids is 1. The van der Waals surface area contributed by atoms with Gasteiger partial charge in [-0.1, -0.05) is 35.9 Å². The van der Waals surface area contributed by atoms with Crippen LogP contribution in [0.2, 0.25) is 0 Å². The van der Waals surface area contributed by atoms with Crippen LogP contribution in [0, 0.1) is 20.8 Å². The van der Waals surface area contributed by atoms with Crippen molar-refractivity contribution in [2.45, 2.75) is 30.6 Å². The van der Waals surface area contributed by atoms with Crippen molar-refractivity contribution in [2.75, 3.05) is 13.2 Å². The zero-order valence-corrected chi connectivity index (χ0v) is 19.9. The summed E-state index contributed by atoms with van der Waals surface area (Å²) in [6, 6.07) is 15.3. The van der Waals surface area contributed by atoms with E-state index >= 15 is 0 Å². The Bertz CT molecular complexity index is 1560. The molecule has 1 aliphatic rings. The fourth-order valence-corrected chi connectivity index (χ4v) is 5.72. The number of rotatable bonds is 4. The van der Waals surface area contributed by atoms with Crippen LogP contribution in [0.3, 0.4) is 0 Å². The van der Waals surface area contributed by atoms with E-state index in [1.807, 2.05) is 32.9 Å². The molecule has 1 aliphatic heterocycles. The Morgan fingerprint density at radius 3 is 2.21 bits per heavy atom. The summed E-state index contributed by atoms with van der Waals surface area (Å²) in [6.45, 7) is 6.46. The van der Waals surface area contributed by atoms with Gasteiger partial charge >= 0.3 is 0 Å². The molecule has 4 aromatic rings. The zero-order valence-electron chi connectivity index (χ0n) is 19.1. The minimum absolute atomic E-state index is 0.0197. The second-order valence-corrected chi connectivity index (χ2v) is 10.3. The molecule has 0 spiro atoms. The molecular formula is C27H23NO5S. The summed E-state index contributed by atoms with van der Waals surface area (Å²) < 4.78 is 39.4. The van der Waals surface area contributed by atoms with Gasteiger partial charge in [0.25, 0.3) is 0 Å². The van der Waals surface area contributed by atoms with E-state index in [1.165, 1.54) is 6.20 Å².